The van der Waals surface area contributed by atoms with E-state index in [1.54, 1.807) is 74.9 Å². The Bertz CT molecular complexity index is 3320. The number of ether oxygens (including phenoxy) is 5. The first kappa shape index (κ1) is 64.4. The van der Waals surface area contributed by atoms with E-state index < -0.39 is 0 Å². The van der Waals surface area contributed by atoms with Crippen LogP contribution in [0, 0.1) is 6.92 Å². The van der Waals surface area contributed by atoms with E-state index in [9.17, 15) is 19.2 Å². The molecule has 4 saturated heterocycles. The zero-order valence-electron chi connectivity index (χ0n) is 50.7. The van der Waals surface area contributed by atoms with Crippen LogP contribution in [0.15, 0.2) is 200 Å². The number of amides is 4. The van der Waals surface area contributed by atoms with Gasteiger partial charge < -0.3 is 66.2 Å². The summed E-state index contributed by atoms with van der Waals surface area (Å²) >= 11 is 0. The van der Waals surface area contributed by atoms with Gasteiger partial charge in [-0.15, -0.1) is 0 Å². The molecule has 8 N–H and O–H groups in total. The molecule has 8 aromatic carbocycles. The van der Waals surface area contributed by atoms with Gasteiger partial charge in [0.2, 0.25) is 0 Å². The van der Waals surface area contributed by atoms with Crippen LogP contribution in [0.25, 0.3) is 0 Å². The number of hydrogen-bond acceptors (Lipinski definition) is 13. The number of piperidine rings is 1. The maximum Gasteiger partial charge on any atom is 0.255 e. The first-order valence-corrected chi connectivity index (χ1v) is 30.3. The molecular weight excluding hydrogens is 1120 g/mol. The number of aryl methyl sites for hydroxylation is 1. The van der Waals surface area contributed by atoms with Gasteiger partial charge in [0.05, 0.1) is 52.4 Å². The predicted octanol–water partition coefficient (Wildman–Crippen LogP) is 11.5. The van der Waals surface area contributed by atoms with Gasteiger partial charge in [-0.2, -0.15) is 0 Å². The zero-order chi connectivity index (χ0) is 62.0. The molecule has 4 aliphatic rings. The average molecular weight is 1200 g/mol. The Kier molecular flexibility index (Phi) is 24.6. The van der Waals surface area contributed by atoms with Crippen LogP contribution in [-0.2, 0) is 14.2 Å². The van der Waals surface area contributed by atoms with Crippen molar-refractivity contribution in [3.63, 3.8) is 0 Å². The van der Waals surface area contributed by atoms with Crippen LogP contribution >= 0.6 is 0 Å². The molecule has 12 rings (SSSR count). The molecule has 0 spiro atoms. The number of morpholine rings is 3. The molecule has 0 aliphatic carbocycles. The van der Waals surface area contributed by atoms with Crippen LogP contribution in [-0.4, -0.2) is 110 Å². The van der Waals surface area contributed by atoms with Crippen molar-refractivity contribution in [3.8, 4) is 11.5 Å². The Balaban J connectivity index is 0.000000141. The topological polar surface area (TPSA) is 211 Å². The second-order valence-electron chi connectivity index (χ2n) is 21.7. The minimum atomic E-state index is -0.143. The number of hydrogen-bond donors (Lipinski definition) is 8. The fraction of sp³-hybridized carbons (Fsp3) is 0.278. The van der Waals surface area contributed by atoms with Crippen LogP contribution in [0.5, 0.6) is 11.5 Å². The summed E-state index contributed by atoms with van der Waals surface area (Å²) in [6.45, 7) is 11.5. The molecule has 4 amide bonds. The van der Waals surface area contributed by atoms with Gasteiger partial charge in [-0.25, -0.2) is 0 Å². The van der Waals surface area contributed by atoms with Crippen LogP contribution < -0.4 is 52.0 Å². The van der Waals surface area contributed by atoms with Crippen molar-refractivity contribution < 1.29 is 42.9 Å². The van der Waals surface area contributed by atoms with Crippen molar-refractivity contribution in [1.29, 1.82) is 0 Å². The molecule has 8 aromatic rings. The molecule has 0 radical (unpaired) electrons. The van der Waals surface area contributed by atoms with E-state index >= 15 is 0 Å². The summed E-state index contributed by atoms with van der Waals surface area (Å²) < 4.78 is 27.3. The molecule has 4 fully saturated rings. The molecule has 4 aliphatic heterocycles. The lowest BCUT2D eigenvalue weighted by Crippen LogP contribution is -2.33. The van der Waals surface area contributed by atoms with E-state index in [-0.39, 0.29) is 41.9 Å². The molecular formula is C72H80N8O9. The Hall–Kier alpha value is -9.04. The lowest BCUT2D eigenvalue weighted by atomic mass is 9.91. The number of carbonyl (C=O) groups excluding carboxylic acids is 4. The highest BCUT2D eigenvalue weighted by Gasteiger charge is 2.20. The van der Waals surface area contributed by atoms with Crippen LogP contribution in [0.3, 0.4) is 0 Å². The lowest BCUT2D eigenvalue weighted by Gasteiger charge is -2.24. The van der Waals surface area contributed by atoms with Crippen molar-refractivity contribution in [2.24, 2.45) is 0 Å². The monoisotopic (exact) mass is 1200 g/mol. The Labute approximate surface area is 521 Å². The molecule has 17 heteroatoms. The average Bonchev–Trinajstić information content (AvgIpc) is 3.77. The van der Waals surface area contributed by atoms with Gasteiger partial charge in [-0.1, -0.05) is 84.4 Å². The third-order valence-corrected chi connectivity index (χ3v) is 15.4. The number of nitrogens with one attached hydrogen (secondary N) is 8. The maximum absolute atomic E-state index is 12.2. The molecule has 4 unspecified atom stereocenters. The summed E-state index contributed by atoms with van der Waals surface area (Å²) in [6, 6.07) is 62.4. The number of rotatable bonds is 14. The van der Waals surface area contributed by atoms with E-state index in [0.717, 1.165) is 129 Å². The van der Waals surface area contributed by atoms with Gasteiger partial charge in [0.1, 0.15) is 11.5 Å². The predicted molar refractivity (Wildman–Crippen MR) is 351 cm³/mol. The maximum atomic E-state index is 12.2. The van der Waals surface area contributed by atoms with Crippen molar-refractivity contribution in [3.05, 3.63) is 250 Å². The first-order valence-electron chi connectivity index (χ1n) is 30.3. The Morgan fingerprint density at radius 2 is 0.685 bits per heavy atom. The summed E-state index contributed by atoms with van der Waals surface area (Å²) in [7, 11) is 3.21. The lowest BCUT2D eigenvalue weighted by molar-refractivity contribution is 0.0276. The largest absolute Gasteiger partial charge is 0.497 e. The molecule has 0 bridgehead atoms. The zero-order valence-corrected chi connectivity index (χ0v) is 50.7. The highest BCUT2D eigenvalue weighted by Crippen LogP contribution is 2.27. The van der Waals surface area contributed by atoms with Gasteiger partial charge >= 0.3 is 0 Å². The van der Waals surface area contributed by atoms with Crippen molar-refractivity contribution in [2.45, 2.75) is 44.0 Å². The third-order valence-electron chi connectivity index (χ3n) is 15.4. The van der Waals surface area contributed by atoms with E-state index in [0.29, 0.717) is 28.2 Å². The van der Waals surface area contributed by atoms with Crippen LogP contribution in [0.1, 0.15) is 106 Å². The van der Waals surface area contributed by atoms with Gasteiger partial charge in [0.25, 0.3) is 23.6 Å². The first-order chi connectivity index (χ1) is 43.6. The quantitative estimate of drug-likeness (QED) is 0.0510. The molecule has 4 atom stereocenters. The minimum Gasteiger partial charge on any atom is -0.497 e. The fourth-order valence-electron chi connectivity index (χ4n) is 10.2. The van der Waals surface area contributed by atoms with Gasteiger partial charge in [0, 0.05) is 90.8 Å². The van der Waals surface area contributed by atoms with Crippen molar-refractivity contribution in [1.82, 2.24) is 21.3 Å². The van der Waals surface area contributed by atoms with Gasteiger partial charge in [0.15, 0.2) is 0 Å². The number of benzene rings is 8. The number of carbonyl (C=O) groups is 4. The highest BCUT2D eigenvalue weighted by molar-refractivity contribution is 6.06. The highest BCUT2D eigenvalue weighted by atomic mass is 16.5. The fourth-order valence-corrected chi connectivity index (χ4v) is 10.2. The summed E-state index contributed by atoms with van der Waals surface area (Å²) in [4.78, 5) is 48.7. The molecule has 462 valence electrons. The van der Waals surface area contributed by atoms with Crippen LogP contribution in [0.4, 0.5) is 22.7 Å². The smallest absolute Gasteiger partial charge is 0.255 e. The normalized spacial score (nSPS) is 17.8. The number of methoxy groups -OCH3 is 2. The standard InChI is InChI=1S/C19H22N2O2.C18H20N2O3.C18H20N2O2.C17H18N2O2/c1-23-18-10-6-15(7-11-18)19(22)21-17-8-4-14(5-9-17)16-3-2-12-20-13-16;1-22-16-8-4-14(5-9-16)18(21)20-15-6-2-13(3-7-15)17-12-19-10-11-23-17;1-13-2-4-15(5-3-13)18(21)20-16-8-6-14(7-9-16)17-12-19-10-11-22-17;20-17(14-4-2-1-3-5-14)19-15-8-6-13(7-9-15)16-12-18-10-11-21-16/h4-11,16,20H,2-3,12-13H2,1H3,(H,21,22);2-9,17,19H,10-12H2,1H3,(H,20,21);2-9,17,19H,10-12H2,1H3,(H,20,21);1-9,16,18H,10-12H2,(H,19,20). The van der Waals surface area contributed by atoms with E-state index in [1.165, 1.54) is 18.4 Å². The number of anilines is 4. The van der Waals surface area contributed by atoms with E-state index in [1.807, 2.05) is 134 Å². The molecule has 89 heavy (non-hydrogen) atoms. The second-order valence-corrected chi connectivity index (χ2v) is 21.7. The van der Waals surface area contributed by atoms with E-state index in [4.69, 9.17) is 23.7 Å². The van der Waals surface area contributed by atoms with Gasteiger partial charge in [-0.3, -0.25) is 19.2 Å². The second kappa shape index (κ2) is 33.9. The molecule has 4 heterocycles. The summed E-state index contributed by atoms with van der Waals surface area (Å²) in [6.07, 6.45) is 2.72. The SMILES string of the molecule is COc1ccc(C(=O)Nc2ccc(C3CCCNC3)cc2)cc1.COc1ccc(C(=O)Nc2ccc(C3CNCCO3)cc2)cc1.Cc1ccc(C(=O)Nc2ccc(C3CNCCO3)cc2)cc1.O=C(Nc1ccc(C2CNCCO2)cc1)c1ccccc1. The molecule has 0 aromatic heterocycles. The third kappa shape index (κ3) is 20.0. The summed E-state index contributed by atoms with van der Waals surface area (Å²) in [5, 5.41) is 25.0. The Morgan fingerprint density at radius 3 is 0.989 bits per heavy atom. The summed E-state index contributed by atoms with van der Waals surface area (Å²) in [5.41, 5.74) is 11.5. The minimum absolute atomic E-state index is 0.0788. The molecule has 17 nitrogen and oxygen atoms in total. The van der Waals surface area contributed by atoms with Gasteiger partial charge in [-0.05, 0) is 176 Å². The Morgan fingerprint density at radius 1 is 0.371 bits per heavy atom. The van der Waals surface area contributed by atoms with E-state index in [2.05, 4.69) is 54.7 Å². The molecule has 0 saturated carbocycles. The summed E-state index contributed by atoms with van der Waals surface area (Å²) in [5.74, 6) is 1.60. The van der Waals surface area contributed by atoms with Crippen molar-refractivity contribution in [2.75, 3.05) is 108 Å². The van der Waals surface area contributed by atoms with Crippen molar-refractivity contribution >= 4 is 46.4 Å². The van der Waals surface area contributed by atoms with Crippen LogP contribution in [0.2, 0.25) is 0 Å².